The van der Waals surface area contributed by atoms with E-state index in [2.05, 4.69) is 55.3 Å². The third kappa shape index (κ3) is 4.64. The Morgan fingerprint density at radius 3 is 2.71 bits per heavy atom. The molecule has 2 atom stereocenters. The van der Waals surface area contributed by atoms with Gasteiger partial charge in [-0.25, -0.2) is 0 Å². The maximum atomic E-state index is 5.83. The second-order valence-electron chi connectivity index (χ2n) is 8.96. The zero-order valence-corrected chi connectivity index (χ0v) is 19.0. The molecular formula is C24H33N5OS. The third-order valence-corrected chi connectivity index (χ3v) is 7.35. The van der Waals surface area contributed by atoms with Gasteiger partial charge in [0.15, 0.2) is 5.11 Å². The van der Waals surface area contributed by atoms with E-state index < -0.39 is 0 Å². The van der Waals surface area contributed by atoms with Crippen molar-refractivity contribution in [1.82, 2.24) is 24.7 Å². The molecule has 4 heterocycles. The Hall–Kier alpha value is -1.96. The monoisotopic (exact) mass is 439 g/mol. The Morgan fingerprint density at radius 2 is 1.94 bits per heavy atom. The van der Waals surface area contributed by atoms with Gasteiger partial charge in [0.25, 0.3) is 0 Å². The van der Waals surface area contributed by atoms with Gasteiger partial charge in [-0.1, -0.05) is 18.9 Å². The van der Waals surface area contributed by atoms with E-state index in [4.69, 9.17) is 17.0 Å². The van der Waals surface area contributed by atoms with Crippen molar-refractivity contribution in [2.24, 2.45) is 0 Å². The van der Waals surface area contributed by atoms with Crippen LogP contribution in [0.2, 0.25) is 0 Å². The molecule has 5 rings (SSSR count). The fourth-order valence-electron chi connectivity index (χ4n) is 5.33. The smallest absolute Gasteiger partial charge is 0.170 e. The van der Waals surface area contributed by atoms with E-state index in [1.165, 1.54) is 31.2 Å². The van der Waals surface area contributed by atoms with Crippen LogP contribution in [0.3, 0.4) is 0 Å². The number of rotatable bonds is 7. The van der Waals surface area contributed by atoms with Gasteiger partial charge >= 0.3 is 0 Å². The molecule has 31 heavy (non-hydrogen) atoms. The molecule has 0 spiro atoms. The molecule has 1 N–H and O–H groups in total. The largest absolute Gasteiger partial charge is 0.379 e. The standard InChI is InChI=1S/C24H33N5OS/c31-24-26-22(21-8-3-4-10-25-21)23(19-9-13-28(18-19)20-6-1-2-7-20)29(24)12-5-11-27-14-16-30-17-15-27/h3-4,8-10,13,18,20,22-23H,1-2,5-7,11-12,14-17H2,(H,26,31)/t22-,23-/m1/s1. The summed E-state index contributed by atoms with van der Waals surface area (Å²) in [6.45, 7) is 5.81. The van der Waals surface area contributed by atoms with Gasteiger partial charge in [0.05, 0.1) is 31.0 Å². The number of nitrogens with one attached hydrogen (secondary N) is 1. The zero-order chi connectivity index (χ0) is 21.0. The van der Waals surface area contributed by atoms with Crippen molar-refractivity contribution in [3.63, 3.8) is 0 Å². The maximum absolute atomic E-state index is 5.83. The van der Waals surface area contributed by atoms with E-state index >= 15 is 0 Å². The Labute approximate surface area is 190 Å². The number of hydrogen-bond acceptors (Lipinski definition) is 4. The molecule has 3 aliphatic rings. The molecule has 0 bridgehead atoms. The van der Waals surface area contributed by atoms with Crippen molar-refractivity contribution in [1.29, 1.82) is 0 Å². The minimum Gasteiger partial charge on any atom is -0.379 e. The highest BCUT2D eigenvalue weighted by Crippen LogP contribution is 2.40. The average molecular weight is 440 g/mol. The lowest BCUT2D eigenvalue weighted by Gasteiger charge is -2.30. The lowest BCUT2D eigenvalue weighted by Crippen LogP contribution is -2.38. The number of hydrogen-bond donors (Lipinski definition) is 1. The van der Waals surface area contributed by atoms with E-state index in [0.717, 1.165) is 56.6 Å². The summed E-state index contributed by atoms with van der Waals surface area (Å²) in [5.74, 6) is 0. The predicted molar refractivity (Wildman–Crippen MR) is 126 cm³/mol. The molecule has 2 aromatic heterocycles. The molecule has 3 fully saturated rings. The van der Waals surface area contributed by atoms with Gasteiger partial charge < -0.3 is 19.5 Å². The number of ether oxygens (including phenoxy) is 1. The van der Waals surface area contributed by atoms with Gasteiger partial charge in [0, 0.05) is 50.8 Å². The van der Waals surface area contributed by atoms with Gasteiger partial charge in [-0.15, -0.1) is 0 Å². The van der Waals surface area contributed by atoms with Crippen LogP contribution in [-0.2, 0) is 4.74 Å². The molecule has 2 aliphatic heterocycles. The second kappa shape index (κ2) is 9.67. The second-order valence-corrected chi connectivity index (χ2v) is 9.34. The summed E-state index contributed by atoms with van der Waals surface area (Å²) in [6.07, 6.45) is 12.9. The van der Waals surface area contributed by atoms with E-state index in [-0.39, 0.29) is 12.1 Å². The third-order valence-electron chi connectivity index (χ3n) is 7.00. The first kappa shape index (κ1) is 20.9. The zero-order valence-electron chi connectivity index (χ0n) is 18.2. The van der Waals surface area contributed by atoms with Crippen LogP contribution < -0.4 is 5.32 Å². The van der Waals surface area contributed by atoms with Gasteiger partial charge in [0.1, 0.15) is 0 Å². The van der Waals surface area contributed by atoms with Crippen LogP contribution in [-0.4, -0.2) is 63.9 Å². The molecule has 6 nitrogen and oxygen atoms in total. The Morgan fingerprint density at radius 1 is 1.10 bits per heavy atom. The van der Waals surface area contributed by atoms with Crippen LogP contribution in [0.1, 0.15) is 61.5 Å². The topological polar surface area (TPSA) is 45.6 Å². The summed E-state index contributed by atoms with van der Waals surface area (Å²) >= 11 is 5.83. The SMILES string of the molecule is S=C1N[C@H](c2ccccn2)[C@@H](c2ccn(C3CCCC3)c2)N1CCCN1CCOCC1. The molecule has 0 aromatic carbocycles. The molecule has 2 aromatic rings. The van der Waals surface area contributed by atoms with Gasteiger partial charge in [-0.3, -0.25) is 9.88 Å². The van der Waals surface area contributed by atoms with Crippen LogP contribution in [0, 0.1) is 0 Å². The van der Waals surface area contributed by atoms with E-state index in [1.807, 2.05) is 12.3 Å². The Bertz CT molecular complexity index is 860. The quantitative estimate of drug-likeness (QED) is 0.664. The number of nitrogens with zero attached hydrogens (tertiary/aromatic N) is 4. The van der Waals surface area contributed by atoms with E-state index in [9.17, 15) is 0 Å². The van der Waals surface area contributed by atoms with Crippen molar-refractivity contribution < 1.29 is 4.74 Å². The van der Waals surface area contributed by atoms with Crippen molar-refractivity contribution >= 4 is 17.3 Å². The van der Waals surface area contributed by atoms with Crippen LogP contribution in [0.15, 0.2) is 42.9 Å². The molecule has 166 valence electrons. The average Bonchev–Trinajstić information content (AvgIpc) is 3.55. The van der Waals surface area contributed by atoms with Crippen LogP contribution in [0.5, 0.6) is 0 Å². The molecule has 1 saturated carbocycles. The first-order chi connectivity index (χ1) is 15.3. The molecule has 0 radical (unpaired) electrons. The molecular weight excluding hydrogens is 406 g/mol. The van der Waals surface area contributed by atoms with Crippen molar-refractivity contribution in [3.05, 3.63) is 54.1 Å². The molecule has 0 amide bonds. The summed E-state index contributed by atoms with van der Waals surface area (Å²) in [6, 6.07) is 9.35. The van der Waals surface area contributed by atoms with Gasteiger partial charge in [0.2, 0.25) is 0 Å². The first-order valence-electron chi connectivity index (χ1n) is 11.7. The van der Waals surface area contributed by atoms with Gasteiger partial charge in [-0.05, 0) is 55.2 Å². The summed E-state index contributed by atoms with van der Waals surface area (Å²) in [5, 5.41) is 4.43. The summed E-state index contributed by atoms with van der Waals surface area (Å²) in [5.41, 5.74) is 2.39. The van der Waals surface area contributed by atoms with Crippen molar-refractivity contribution in [2.45, 2.75) is 50.2 Å². The minimum absolute atomic E-state index is 0.0801. The van der Waals surface area contributed by atoms with Crippen molar-refractivity contribution in [3.8, 4) is 0 Å². The normalized spacial score (nSPS) is 25.3. The van der Waals surface area contributed by atoms with Crippen LogP contribution >= 0.6 is 12.2 Å². The summed E-state index contributed by atoms with van der Waals surface area (Å²) in [7, 11) is 0. The van der Waals surface area contributed by atoms with E-state index in [0.29, 0.717) is 6.04 Å². The molecule has 2 saturated heterocycles. The number of aromatic nitrogens is 2. The fourth-order valence-corrected chi connectivity index (χ4v) is 5.67. The predicted octanol–water partition coefficient (Wildman–Crippen LogP) is 3.69. The maximum Gasteiger partial charge on any atom is 0.170 e. The lowest BCUT2D eigenvalue weighted by molar-refractivity contribution is 0.0365. The molecule has 0 unspecified atom stereocenters. The molecule has 7 heteroatoms. The fraction of sp³-hybridized carbons (Fsp3) is 0.583. The first-order valence-corrected chi connectivity index (χ1v) is 12.2. The van der Waals surface area contributed by atoms with Crippen LogP contribution in [0.4, 0.5) is 0 Å². The minimum atomic E-state index is 0.0801. The van der Waals surface area contributed by atoms with Crippen molar-refractivity contribution in [2.75, 3.05) is 39.4 Å². The highest BCUT2D eigenvalue weighted by molar-refractivity contribution is 7.80. The van der Waals surface area contributed by atoms with Gasteiger partial charge in [-0.2, -0.15) is 0 Å². The number of thiocarbonyl (C=S) groups is 1. The number of morpholine rings is 1. The Balaban J connectivity index is 1.35. The van der Waals surface area contributed by atoms with E-state index in [1.54, 1.807) is 0 Å². The highest BCUT2D eigenvalue weighted by Gasteiger charge is 2.40. The van der Waals surface area contributed by atoms with Crippen LogP contribution in [0.25, 0.3) is 0 Å². The Kier molecular flexibility index (Phi) is 6.53. The lowest BCUT2D eigenvalue weighted by atomic mass is 9.99. The summed E-state index contributed by atoms with van der Waals surface area (Å²) < 4.78 is 7.92. The summed E-state index contributed by atoms with van der Waals surface area (Å²) in [4.78, 5) is 9.56. The highest BCUT2D eigenvalue weighted by atomic mass is 32.1. The molecule has 1 aliphatic carbocycles. The number of pyridine rings is 1.